The topological polar surface area (TPSA) is 370 Å². The number of nitrogens with zero attached hydrogens (tertiary/aromatic N) is 1. The molecule has 0 radical (unpaired) electrons. The number of aliphatic hydroxyl groups excluding tert-OH is 7. The predicted molar refractivity (Wildman–Crippen MR) is 204 cm³/mol. The first-order valence-electron chi connectivity index (χ1n) is 18.3. The zero-order chi connectivity index (χ0) is 42.5. The molecule has 322 valence electrons. The van der Waals surface area contributed by atoms with Gasteiger partial charge in [0.1, 0.15) is 78.3 Å². The lowest BCUT2D eigenvalue weighted by Crippen LogP contribution is -2.68. The first-order chi connectivity index (χ1) is 26.8. The Labute approximate surface area is 330 Å². The van der Waals surface area contributed by atoms with Gasteiger partial charge >= 0.3 is 0 Å². The minimum absolute atomic E-state index is 0.0849. The first-order valence-corrected chi connectivity index (χ1v) is 19.8. The first kappa shape index (κ1) is 46.7. The summed E-state index contributed by atoms with van der Waals surface area (Å²) < 4.78 is 49.5. The number of aryl methyl sites for hydroxylation is 2. The molecule has 3 fully saturated rings. The number of aliphatic hydroxyl groups is 7. The summed E-state index contributed by atoms with van der Waals surface area (Å²) in [6, 6.07) is 2.64. The van der Waals surface area contributed by atoms with Gasteiger partial charge in [0, 0.05) is 30.7 Å². The van der Waals surface area contributed by atoms with E-state index in [1.54, 1.807) is 19.1 Å². The average molecular weight is 832 g/mol. The Morgan fingerprint density at radius 3 is 2.07 bits per heavy atom. The molecule has 4 aliphatic rings. The third kappa shape index (κ3) is 10.6. The van der Waals surface area contributed by atoms with Crippen LogP contribution in [0, 0.1) is 13.8 Å². The van der Waals surface area contributed by atoms with Crippen molar-refractivity contribution in [1.82, 2.24) is 10.0 Å². The second kappa shape index (κ2) is 19.8. The molecule has 0 aromatic heterocycles. The summed E-state index contributed by atoms with van der Waals surface area (Å²) in [7, 11) is -3.68. The van der Waals surface area contributed by atoms with Crippen LogP contribution in [0.5, 0.6) is 0 Å². The van der Waals surface area contributed by atoms with Gasteiger partial charge in [-0.15, -0.1) is 6.58 Å². The zero-order valence-corrected chi connectivity index (χ0v) is 32.7. The van der Waals surface area contributed by atoms with Crippen LogP contribution in [0.4, 0.5) is 0 Å². The molecule has 17 N–H and O–H groups in total. The number of nitrogens with two attached hydrogens (primary N) is 4. The Balaban J connectivity index is 0.000000266. The van der Waals surface area contributed by atoms with Crippen LogP contribution >= 0.6 is 0 Å². The van der Waals surface area contributed by atoms with E-state index in [4.69, 9.17) is 41.9 Å². The van der Waals surface area contributed by atoms with Crippen molar-refractivity contribution in [2.24, 2.45) is 27.9 Å². The molecular formula is C35H57N7O14S. The lowest BCUT2D eigenvalue weighted by molar-refractivity contribution is -0.332. The van der Waals surface area contributed by atoms with Gasteiger partial charge in [-0.1, -0.05) is 24.3 Å². The molecule has 1 amide bonds. The average Bonchev–Trinajstić information content (AvgIpc) is 3.40. The second-order valence-corrected chi connectivity index (χ2v) is 16.0. The number of amides is 1. The normalized spacial score (nSPS) is 38.6. The number of rotatable bonds is 11. The molecule has 3 heterocycles. The Kier molecular flexibility index (Phi) is 16.2. The number of nitrogens with one attached hydrogen (secondary N) is 2. The van der Waals surface area contributed by atoms with E-state index in [1.165, 1.54) is 0 Å². The number of aliphatic imine (C=N–C) groups is 1. The highest BCUT2D eigenvalue weighted by Crippen LogP contribution is 2.32. The van der Waals surface area contributed by atoms with Crippen molar-refractivity contribution in [3.8, 4) is 0 Å². The number of carbonyl (C=O) groups is 1. The van der Waals surface area contributed by atoms with E-state index >= 15 is 0 Å². The fourth-order valence-electron chi connectivity index (χ4n) is 6.76. The van der Waals surface area contributed by atoms with Crippen molar-refractivity contribution in [3.63, 3.8) is 0 Å². The summed E-state index contributed by atoms with van der Waals surface area (Å²) >= 11 is 0. The van der Waals surface area contributed by atoms with E-state index in [0.717, 1.165) is 11.1 Å². The van der Waals surface area contributed by atoms with E-state index in [2.05, 4.69) is 21.6 Å². The highest BCUT2D eigenvalue weighted by Gasteiger charge is 2.51. The van der Waals surface area contributed by atoms with Crippen molar-refractivity contribution in [3.05, 3.63) is 53.1 Å². The predicted octanol–water partition coefficient (Wildman–Crippen LogP) is -5.62. The van der Waals surface area contributed by atoms with Gasteiger partial charge in [-0.05, 0) is 43.9 Å². The van der Waals surface area contributed by atoms with Gasteiger partial charge in [-0.3, -0.25) is 14.5 Å². The molecular weight excluding hydrogens is 774 g/mol. The van der Waals surface area contributed by atoms with Gasteiger partial charge in [0.2, 0.25) is 5.91 Å². The van der Waals surface area contributed by atoms with Crippen LogP contribution in [0.15, 0.2) is 41.4 Å². The monoisotopic (exact) mass is 831 g/mol. The summed E-state index contributed by atoms with van der Waals surface area (Å²) in [4.78, 5) is 15.9. The Morgan fingerprint density at radius 2 is 1.51 bits per heavy atom. The number of amidine groups is 1. The van der Waals surface area contributed by atoms with E-state index in [-0.39, 0.29) is 36.2 Å². The van der Waals surface area contributed by atoms with Crippen molar-refractivity contribution < 1.29 is 67.9 Å². The SMILES string of the molecule is C=CCNC(=O)CN=C1NS(=O)(=O)C(c2ccc(C)c(C)c2)=C1C.NC[C@H]1O[C@H](O[C@H]2[C@H](O)[C@@H](O[C@H]3O[C@H](CO)[C@@H](O)[C@H](N)[C@H]3O)[C@H](N)C[C@@H]2N)[C@H](O)[C@@H](O)[C@@H]1O. The van der Waals surface area contributed by atoms with E-state index < -0.39 is 108 Å². The standard InChI is InChI=1S/C18H36N4O11.C17H21N3O3S/c19-2-6-10(25)12(27)13(28)18(30-6)33-16-5(21)1-4(20)15(14(16)29)32-17-11(26)8(22)9(24)7(3-23)31-17;1-5-8-18-15(21)10-19-17-13(4)16(24(22,23)20-17)14-7-6-11(2)12(3)9-14/h4-18,23-29H,1-3,19-22H2;5-7,9H,1,8,10H2,2-4H3,(H,18,21)(H,19,20)/t4-,5+,6-,7-,8+,9-,10-,11-,12+,13-,14-,15+,16-,17-,18-;/m1./s1. The molecule has 3 aliphatic heterocycles. The van der Waals surface area contributed by atoms with Gasteiger partial charge in [0.25, 0.3) is 10.0 Å². The molecule has 22 heteroatoms. The van der Waals surface area contributed by atoms with Crippen LogP contribution in [0.25, 0.3) is 4.91 Å². The van der Waals surface area contributed by atoms with Crippen LogP contribution in [0.2, 0.25) is 0 Å². The van der Waals surface area contributed by atoms with Gasteiger partial charge in [0.15, 0.2) is 12.6 Å². The minimum atomic E-state index is -3.68. The van der Waals surface area contributed by atoms with Crippen molar-refractivity contribution in [1.29, 1.82) is 0 Å². The Morgan fingerprint density at radius 1 is 0.912 bits per heavy atom. The summed E-state index contributed by atoms with van der Waals surface area (Å²) in [5.74, 6) is -0.0917. The summed E-state index contributed by atoms with van der Waals surface area (Å²) in [5, 5.41) is 73.5. The number of ether oxygens (including phenoxy) is 4. The smallest absolute Gasteiger partial charge is 0.264 e. The zero-order valence-electron chi connectivity index (χ0n) is 31.9. The third-order valence-electron chi connectivity index (χ3n) is 10.3. The molecule has 1 aromatic rings. The molecule has 1 saturated carbocycles. The van der Waals surface area contributed by atoms with Crippen molar-refractivity contribution in [2.45, 2.75) is 119 Å². The summed E-state index contributed by atoms with van der Waals surface area (Å²) in [6.07, 6.45) is -14.9. The van der Waals surface area contributed by atoms with Gasteiger partial charge in [-0.25, -0.2) is 8.42 Å². The van der Waals surface area contributed by atoms with Gasteiger partial charge in [0.05, 0.1) is 12.6 Å². The molecule has 1 aliphatic carbocycles. The van der Waals surface area contributed by atoms with Crippen molar-refractivity contribution >= 4 is 26.7 Å². The highest BCUT2D eigenvalue weighted by molar-refractivity contribution is 8.00. The number of hydrogen-bond acceptors (Lipinski definition) is 19. The Bertz CT molecular complexity index is 1680. The second-order valence-electron chi connectivity index (χ2n) is 14.4. The Hall–Kier alpha value is -3.01. The molecule has 2 saturated heterocycles. The van der Waals surface area contributed by atoms with Crippen molar-refractivity contribution in [2.75, 3.05) is 26.2 Å². The lowest BCUT2D eigenvalue weighted by Gasteiger charge is -2.48. The van der Waals surface area contributed by atoms with E-state index in [1.807, 2.05) is 26.0 Å². The molecule has 57 heavy (non-hydrogen) atoms. The quantitative estimate of drug-likeness (QED) is 0.0924. The maximum Gasteiger partial charge on any atom is 0.264 e. The van der Waals surface area contributed by atoms with E-state index in [9.17, 15) is 49.0 Å². The minimum Gasteiger partial charge on any atom is -0.394 e. The molecule has 15 atom stereocenters. The van der Waals surface area contributed by atoms with Crippen LogP contribution in [-0.4, -0.2) is 174 Å². The van der Waals surface area contributed by atoms with Crippen LogP contribution in [0.1, 0.15) is 30.0 Å². The third-order valence-corrected chi connectivity index (χ3v) is 11.8. The van der Waals surface area contributed by atoms with Gasteiger partial charge in [-0.2, -0.15) is 0 Å². The molecule has 5 rings (SSSR count). The molecule has 1 aromatic carbocycles. The lowest BCUT2D eigenvalue weighted by atomic mass is 9.84. The van der Waals surface area contributed by atoms with Crippen LogP contribution in [0.3, 0.4) is 0 Å². The maximum absolute atomic E-state index is 12.4. The fourth-order valence-corrected chi connectivity index (χ4v) is 8.27. The number of carbonyl (C=O) groups excluding carboxylic acids is 1. The molecule has 0 spiro atoms. The maximum atomic E-state index is 12.4. The number of benzene rings is 1. The fraction of sp³-hybridized carbons (Fsp3) is 0.657. The molecule has 0 bridgehead atoms. The highest BCUT2D eigenvalue weighted by atomic mass is 32.2. The van der Waals surface area contributed by atoms with Crippen LogP contribution < -0.4 is 33.0 Å². The molecule has 21 nitrogen and oxygen atoms in total. The van der Waals surface area contributed by atoms with Crippen LogP contribution in [-0.2, 0) is 33.8 Å². The number of sulfonamides is 1. The van der Waals surface area contributed by atoms with Gasteiger partial charge < -0.3 is 82.9 Å². The largest absolute Gasteiger partial charge is 0.394 e. The van der Waals surface area contributed by atoms with E-state index in [0.29, 0.717) is 17.7 Å². The summed E-state index contributed by atoms with van der Waals surface area (Å²) in [6.45, 7) is 8.53. The summed E-state index contributed by atoms with van der Waals surface area (Å²) in [5.41, 5.74) is 26.7. The molecule has 0 unspecified atom stereocenters. The number of hydrogen-bond donors (Lipinski definition) is 13.